The van der Waals surface area contributed by atoms with E-state index in [1.807, 2.05) is 44.2 Å². The maximum absolute atomic E-state index is 13.7. The van der Waals surface area contributed by atoms with Crippen LogP contribution in [0.5, 0.6) is 0 Å². The van der Waals surface area contributed by atoms with Gasteiger partial charge in [-0.25, -0.2) is 4.90 Å². The molecule has 2 aliphatic heterocycles. The topological polar surface area (TPSA) is 75.7 Å². The number of anilines is 1. The SMILES string of the molecule is CCC[C@]1(C(=O)OCC)N[C@H](c2ccccc2C)[C@@H]2C(=O)N(c3ccccc3)C(=O)[C@@H]21. The first-order chi connectivity index (χ1) is 15.0. The highest BCUT2D eigenvalue weighted by Gasteiger charge is 2.68. The molecule has 0 saturated carbocycles. The van der Waals surface area contributed by atoms with Crippen molar-refractivity contribution in [3.63, 3.8) is 0 Å². The number of hydrogen-bond donors (Lipinski definition) is 1. The van der Waals surface area contributed by atoms with E-state index in [2.05, 4.69) is 5.32 Å². The number of carbonyl (C=O) groups is 3. The summed E-state index contributed by atoms with van der Waals surface area (Å²) in [5, 5.41) is 3.44. The van der Waals surface area contributed by atoms with Gasteiger partial charge in [-0.1, -0.05) is 55.8 Å². The van der Waals surface area contributed by atoms with Crippen LogP contribution in [-0.2, 0) is 19.1 Å². The summed E-state index contributed by atoms with van der Waals surface area (Å²) in [5.41, 5.74) is 1.23. The molecule has 2 amide bonds. The smallest absolute Gasteiger partial charge is 0.327 e. The number of esters is 1. The number of amides is 2. The molecule has 2 aromatic carbocycles. The van der Waals surface area contributed by atoms with Crippen LogP contribution in [0.3, 0.4) is 0 Å². The number of aryl methyl sites for hydroxylation is 1. The molecule has 0 radical (unpaired) electrons. The predicted molar refractivity (Wildman–Crippen MR) is 117 cm³/mol. The monoisotopic (exact) mass is 420 g/mol. The molecule has 31 heavy (non-hydrogen) atoms. The van der Waals surface area contributed by atoms with Gasteiger partial charge in [0.1, 0.15) is 5.54 Å². The van der Waals surface area contributed by atoms with Crippen LogP contribution >= 0.6 is 0 Å². The van der Waals surface area contributed by atoms with Gasteiger partial charge in [0.2, 0.25) is 11.8 Å². The van der Waals surface area contributed by atoms with E-state index in [1.54, 1.807) is 31.2 Å². The summed E-state index contributed by atoms with van der Waals surface area (Å²) in [5.74, 6) is -2.57. The summed E-state index contributed by atoms with van der Waals surface area (Å²) in [4.78, 5) is 41.9. The molecule has 4 rings (SSSR count). The molecule has 6 nitrogen and oxygen atoms in total. The second-order valence-corrected chi connectivity index (χ2v) is 8.27. The molecule has 2 heterocycles. The summed E-state index contributed by atoms with van der Waals surface area (Å²) < 4.78 is 5.45. The van der Waals surface area contributed by atoms with Gasteiger partial charge in [-0.05, 0) is 43.5 Å². The van der Waals surface area contributed by atoms with Crippen molar-refractivity contribution in [2.24, 2.45) is 11.8 Å². The van der Waals surface area contributed by atoms with Crippen molar-refractivity contribution in [1.29, 1.82) is 0 Å². The van der Waals surface area contributed by atoms with Crippen LogP contribution in [0.4, 0.5) is 5.69 Å². The van der Waals surface area contributed by atoms with Crippen molar-refractivity contribution in [3.05, 3.63) is 65.7 Å². The van der Waals surface area contributed by atoms with Crippen molar-refractivity contribution < 1.29 is 19.1 Å². The minimum absolute atomic E-state index is 0.211. The first-order valence-electron chi connectivity index (χ1n) is 10.9. The zero-order valence-corrected chi connectivity index (χ0v) is 18.1. The summed E-state index contributed by atoms with van der Waals surface area (Å²) in [6, 6.07) is 16.3. The van der Waals surface area contributed by atoms with Crippen LogP contribution in [0, 0.1) is 18.8 Å². The molecule has 6 heteroatoms. The standard InChI is InChI=1S/C25H28N2O4/c1-4-15-25(24(30)31-5-2)20-19(21(26-25)18-14-10-9-11-16(18)3)22(28)27(23(20)29)17-12-7-6-8-13-17/h6-14,19-21,26H,4-5,15H2,1-3H3/t19-,20-,21-,25+/m1/s1. The molecular weight excluding hydrogens is 392 g/mol. The van der Waals surface area contributed by atoms with E-state index in [4.69, 9.17) is 4.74 Å². The summed E-state index contributed by atoms with van der Waals surface area (Å²) >= 11 is 0. The maximum atomic E-state index is 13.7. The number of rotatable bonds is 6. The van der Waals surface area contributed by atoms with E-state index in [1.165, 1.54) is 4.90 Å². The van der Waals surface area contributed by atoms with Gasteiger partial charge in [0.25, 0.3) is 0 Å². The van der Waals surface area contributed by atoms with Crippen molar-refractivity contribution in [1.82, 2.24) is 5.32 Å². The number of benzene rings is 2. The Morgan fingerprint density at radius 3 is 2.35 bits per heavy atom. The fourth-order valence-corrected chi connectivity index (χ4v) is 5.21. The molecule has 162 valence electrons. The Hall–Kier alpha value is -2.99. The molecule has 2 aliphatic rings. The van der Waals surface area contributed by atoms with Crippen LogP contribution in [-0.4, -0.2) is 29.9 Å². The molecular formula is C25H28N2O4. The Labute approximate surface area is 182 Å². The molecule has 0 spiro atoms. The molecule has 0 aromatic heterocycles. The summed E-state index contributed by atoms with van der Waals surface area (Å²) in [6.07, 6.45) is 1.08. The van der Waals surface area contributed by atoms with E-state index >= 15 is 0 Å². The van der Waals surface area contributed by atoms with E-state index in [0.717, 1.165) is 11.1 Å². The lowest BCUT2D eigenvalue weighted by atomic mass is 9.76. The third-order valence-corrected chi connectivity index (χ3v) is 6.48. The van der Waals surface area contributed by atoms with E-state index in [0.29, 0.717) is 18.5 Å². The molecule has 0 bridgehead atoms. The third kappa shape index (κ3) is 3.26. The van der Waals surface area contributed by atoms with Crippen LogP contribution in [0.2, 0.25) is 0 Å². The van der Waals surface area contributed by atoms with E-state index < -0.39 is 29.4 Å². The van der Waals surface area contributed by atoms with Gasteiger partial charge < -0.3 is 4.74 Å². The lowest BCUT2D eigenvalue weighted by molar-refractivity contribution is -0.155. The van der Waals surface area contributed by atoms with Crippen LogP contribution in [0.25, 0.3) is 0 Å². The Morgan fingerprint density at radius 1 is 1.03 bits per heavy atom. The normalized spacial score (nSPS) is 27.5. The maximum Gasteiger partial charge on any atom is 0.327 e. The first-order valence-corrected chi connectivity index (χ1v) is 10.9. The highest BCUT2D eigenvalue weighted by molar-refractivity contribution is 6.24. The van der Waals surface area contributed by atoms with E-state index in [-0.39, 0.29) is 18.4 Å². The highest BCUT2D eigenvalue weighted by atomic mass is 16.5. The number of ether oxygens (including phenoxy) is 1. The first kappa shape index (κ1) is 21.2. The second kappa shape index (κ2) is 8.27. The summed E-state index contributed by atoms with van der Waals surface area (Å²) in [7, 11) is 0. The number of nitrogens with one attached hydrogen (secondary N) is 1. The number of para-hydroxylation sites is 1. The molecule has 4 atom stereocenters. The number of carbonyl (C=O) groups excluding carboxylic acids is 3. The van der Waals surface area contributed by atoms with Crippen molar-refractivity contribution >= 4 is 23.5 Å². The van der Waals surface area contributed by atoms with Gasteiger partial charge in [0.05, 0.1) is 24.1 Å². The quantitative estimate of drug-likeness (QED) is 0.571. The summed E-state index contributed by atoms with van der Waals surface area (Å²) in [6.45, 7) is 5.91. The van der Waals surface area contributed by atoms with Gasteiger partial charge in [-0.2, -0.15) is 0 Å². The lowest BCUT2D eigenvalue weighted by Crippen LogP contribution is -2.56. The Kier molecular flexibility index (Phi) is 5.67. The van der Waals surface area contributed by atoms with Gasteiger partial charge in [-0.3, -0.25) is 19.7 Å². The number of nitrogens with zero attached hydrogens (tertiary/aromatic N) is 1. The Morgan fingerprint density at radius 2 is 1.71 bits per heavy atom. The molecule has 0 unspecified atom stereocenters. The average molecular weight is 421 g/mol. The van der Waals surface area contributed by atoms with Crippen molar-refractivity contribution in [2.75, 3.05) is 11.5 Å². The molecule has 2 aromatic rings. The third-order valence-electron chi connectivity index (χ3n) is 6.48. The fourth-order valence-electron chi connectivity index (χ4n) is 5.21. The van der Waals surface area contributed by atoms with Gasteiger partial charge in [-0.15, -0.1) is 0 Å². The average Bonchev–Trinajstić information content (AvgIpc) is 3.24. The molecule has 1 N–H and O–H groups in total. The molecule has 0 aliphatic carbocycles. The zero-order chi connectivity index (χ0) is 22.2. The predicted octanol–water partition coefficient (Wildman–Crippen LogP) is 3.55. The van der Waals surface area contributed by atoms with Crippen LogP contribution in [0.1, 0.15) is 43.9 Å². The lowest BCUT2D eigenvalue weighted by Gasteiger charge is -2.32. The van der Waals surface area contributed by atoms with Crippen LogP contribution < -0.4 is 10.2 Å². The molecule has 2 fully saturated rings. The van der Waals surface area contributed by atoms with Gasteiger partial charge in [0, 0.05) is 6.04 Å². The molecule has 2 saturated heterocycles. The minimum Gasteiger partial charge on any atom is -0.465 e. The van der Waals surface area contributed by atoms with Crippen molar-refractivity contribution in [2.45, 2.75) is 45.2 Å². The number of hydrogen-bond acceptors (Lipinski definition) is 5. The largest absolute Gasteiger partial charge is 0.465 e. The van der Waals surface area contributed by atoms with Gasteiger partial charge >= 0.3 is 5.97 Å². The number of imide groups is 1. The van der Waals surface area contributed by atoms with E-state index in [9.17, 15) is 14.4 Å². The van der Waals surface area contributed by atoms with Gasteiger partial charge in [0.15, 0.2) is 0 Å². The Bertz CT molecular complexity index is 1010. The fraction of sp³-hybridized carbons (Fsp3) is 0.400. The van der Waals surface area contributed by atoms with Crippen LogP contribution in [0.15, 0.2) is 54.6 Å². The zero-order valence-electron chi connectivity index (χ0n) is 18.1. The second-order valence-electron chi connectivity index (χ2n) is 8.27. The number of fused-ring (bicyclic) bond motifs is 1. The minimum atomic E-state index is -1.24. The Balaban J connectivity index is 1.88. The highest BCUT2D eigenvalue weighted by Crippen LogP contribution is 2.52. The van der Waals surface area contributed by atoms with Crippen molar-refractivity contribution in [3.8, 4) is 0 Å².